The van der Waals surface area contributed by atoms with Crippen LogP contribution in [0.3, 0.4) is 0 Å². The number of nitrogens with zero attached hydrogens (tertiary/aromatic N) is 1. The Morgan fingerprint density at radius 1 is 1.35 bits per heavy atom. The van der Waals surface area contributed by atoms with E-state index in [1.807, 2.05) is 20.8 Å². The van der Waals surface area contributed by atoms with Crippen molar-refractivity contribution in [1.82, 2.24) is 5.16 Å². The number of hydrogen-bond acceptors (Lipinski definition) is 3. The lowest BCUT2D eigenvalue weighted by atomic mass is 9.92. The third kappa shape index (κ3) is 3.41. The van der Waals surface area contributed by atoms with E-state index in [1.165, 1.54) is 0 Å². The number of aromatic nitrogens is 1. The first-order valence-corrected chi connectivity index (χ1v) is 7.18. The van der Waals surface area contributed by atoms with Crippen molar-refractivity contribution in [2.75, 3.05) is 5.32 Å². The van der Waals surface area contributed by atoms with Crippen molar-refractivity contribution in [2.45, 2.75) is 26.2 Å². The van der Waals surface area contributed by atoms with Crippen LogP contribution in [0.5, 0.6) is 0 Å². The molecule has 0 aliphatic carbocycles. The molecular weight excluding hydrogens is 344 g/mol. The Bertz CT molecular complexity index is 647. The van der Waals surface area contributed by atoms with Crippen molar-refractivity contribution >= 4 is 39.3 Å². The van der Waals surface area contributed by atoms with Crippen LogP contribution < -0.4 is 5.32 Å². The SMILES string of the molecule is CC(C)(C)c1cc(NC(=O)c2ccc(Cl)c(Br)c2)on1. The van der Waals surface area contributed by atoms with Gasteiger partial charge in [-0.3, -0.25) is 10.1 Å². The number of halogens is 2. The number of nitrogens with one attached hydrogen (secondary N) is 1. The summed E-state index contributed by atoms with van der Waals surface area (Å²) in [6.45, 7) is 6.06. The molecule has 0 saturated heterocycles. The largest absolute Gasteiger partial charge is 0.338 e. The van der Waals surface area contributed by atoms with Crippen LogP contribution in [0.4, 0.5) is 5.88 Å². The van der Waals surface area contributed by atoms with Crippen LogP contribution in [0, 0.1) is 0 Å². The molecule has 1 N–H and O–H groups in total. The van der Waals surface area contributed by atoms with Gasteiger partial charge in [-0.2, -0.15) is 0 Å². The molecule has 0 radical (unpaired) electrons. The van der Waals surface area contributed by atoms with Gasteiger partial charge in [0.1, 0.15) is 0 Å². The number of amides is 1. The van der Waals surface area contributed by atoms with Gasteiger partial charge in [0, 0.05) is 21.5 Å². The van der Waals surface area contributed by atoms with E-state index in [9.17, 15) is 4.79 Å². The Kier molecular flexibility index (Phi) is 4.20. The van der Waals surface area contributed by atoms with E-state index in [1.54, 1.807) is 24.3 Å². The highest BCUT2D eigenvalue weighted by atomic mass is 79.9. The van der Waals surface area contributed by atoms with Gasteiger partial charge >= 0.3 is 0 Å². The van der Waals surface area contributed by atoms with Crippen LogP contribution in [-0.4, -0.2) is 11.1 Å². The summed E-state index contributed by atoms with van der Waals surface area (Å²) in [6, 6.07) is 6.67. The van der Waals surface area contributed by atoms with Crippen LogP contribution >= 0.6 is 27.5 Å². The second kappa shape index (κ2) is 5.58. The summed E-state index contributed by atoms with van der Waals surface area (Å²) in [5, 5.41) is 7.16. The molecule has 4 nitrogen and oxygen atoms in total. The molecule has 2 rings (SSSR count). The molecule has 0 aliphatic rings. The highest BCUT2D eigenvalue weighted by molar-refractivity contribution is 9.10. The van der Waals surface area contributed by atoms with Crippen LogP contribution in [0.1, 0.15) is 36.8 Å². The highest BCUT2D eigenvalue weighted by Gasteiger charge is 2.20. The molecule has 0 spiro atoms. The van der Waals surface area contributed by atoms with Crippen molar-refractivity contribution in [3.05, 3.63) is 45.0 Å². The van der Waals surface area contributed by atoms with Gasteiger partial charge in [0.2, 0.25) is 5.88 Å². The van der Waals surface area contributed by atoms with Gasteiger partial charge < -0.3 is 4.52 Å². The summed E-state index contributed by atoms with van der Waals surface area (Å²) in [5.41, 5.74) is 1.13. The second-order valence-corrected chi connectivity index (χ2v) is 6.67. The van der Waals surface area contributed by atoms with E-state index in [4.69, 9.17) is 16.1 Å². The minimum absolute atomic E-state index is 0.129. The molecule has 1 amide bonds. The molecule has 0 unspecified atom stereocenters. The summed E-state index contributed by atoms with van der Waals surface area (Å²) in [7, 11) is 0. The van der Waals surface area contributed by atoms with Crippen molar-refractivity contribution in [3.8, 4) is 0 Å². The van der Waals surface area contributed by atoms with E-state index in [0.29, 0.717) is 20.9 Å². The minimum Gasteiger partial charge on any atom is -0.338 e. The number of benzene rings is 1. The Hall–Kier alpha value is -1.33. The van der Waals surface area contributed by atoms with Gasteiger partial charge in [-0.25, -0.2) is 0 Å². The van der Waals surface area contributed by atoms with Crippen molar-refractivity contribution in [3.63, 3.8) is 0 Å². The van der Waals surface area contributed by atoms with Crippen LogP contribution in [0.25, 0.3) is 0 Å². The van der Waals surface area contributed by atoms with Gasteiger partial charge in [0.05, 0.1) is 10.7 Å². The lowest BCUT2D eigenvalue weighted by Crippen LogP contribution is -2.12. The molecule has 0 atom stereocenters. The normalized spacial score (nSPS) is 11.4. The molecule has 0 aliphatic heterocycles. The average molecular weight is 358 g/mol. The number of anilines is 1. The minimum atomic E-state index is -0.279. The molecule has 20 heavy (non-hydrogen) atoms. The van der Waals surface area contributed by atoms with Crippen molar-refractivity contribution < 1.29 is 9.32 Å². The molecule has 2 aromatic rings. The van der Waals surface area contributed by atoms with Crippen LogP contribution in [0.15, 0.2) is 33.3 Å². The predicted molar refractivity (Wildman–Crippen MR) is 82.3 cm³/mol. The molecule has 0 saturated carbocycles. The molecule has 0 bridgehead atoms. The van der Waals surface area contributed by atoms with E-state index >= 15 is 0 Å². The van der Waals surface area contributed by atoms with Gasteiger partial charge in [0.25, 0.3) is 5.91 Å². The lowest BCUT2D eigenvalue weighted by Gasteiger charge is -2.12. The molecule has 1 aromatic carbocycles. The number of carbonyl (C=O) groups is 1. The molecule has 0 fully saturated rings. The molecule has 1 heterocycles. The molecule has 6 heteroatoms. The smallest absolute Gasteiger partial charge is 0.258 e. The lowest BCUT2D eigenvalue weighted by molar-refractivity contribution is 0.102. The van der Waals surface area contributed by atoms with Gasteiger partial charge in [0.15, 0.2) is 0 Å². The second-order valence-electron chi connectivity index (χ2n) is 5.41. The molecule has 106 valence electrons. The zero-order valence-electron chi connectivity index (χ0n) is 11.3. The summed E-state index contributed by atoms with van der Waals surface area (Å²) < 4.78 is 5.78. The maximum atomic E-state index is 12.1. The van der Waals surface area contributed by atoms with Crippen LogP contribution in [-0.2, 0) is 5.41 Å². The Morgan fingerprint density at radius 2 is 2.05 bits per heavy atom. The maximum absolute atomic E-state index is 12.1. The van der Waals surface area contributed by atoms with E-state index in [-0.39, 0.29) is 11.3 Å². The number of carbonyl (C=O) groups excluding carboxylic acids is 1. The third-order valence-electron chi connectivity index (χ3n) is 2.70. The Morgan fingerprint density at radius 3 is 2.60 bits per heavy atom. The molecular formula is C14H14BrClN2O2. The zero-order valence-corrected chi connectivity index (χ0v) is 13.7. The summed E-state index contributed by atoms with van der Waals surface area (Å²) >= 11 is 9.17. The fraction of sp³-hybridized carbons (Fsp3) is 0.286. The standard InChI is InChI=1S/C14H14BrClN2O2/c1-14(2,3)11-7-12(20-18-11)17-13(19)8-4-5-10(16)9(15)6-8/h4-7H,1-3H3,(H,17,19). The predicted octanol–water partition coefficient (Wildman–Crippen LogP) is 4.64. The van der Waals surface area contributed by atoms with E-state index in [0.717, 1.165) is 5.69 Å². The summed E-state index contributed by atoms with van der Waals surface area (Å²) in [5.74, 6) is 0.0463. The quantitative estimate of drug-likeness (QED) is 0.852. The first-order valence-electron chi connectivity index (χ1n) is 6.01. The van der Waals surface area contributed by atoms with Crippen molar-refractivity contribution in [1.29, 1.82) is 0 Å². The van der Waals surface area contributed by atoms with E-state index < -0.39 is 0 Å². The first kappa shape index (κ1) is 15.1. The monoisotopic (exact) mass is 356 g/mol. The highest BCUT2D eigenvalue weighted by Crippen LogP contribution is 2.25. The van der Waals surface area contributed by atoms with Gasteiger partial charge in [-0.15, -0.1) is 0 Å². The average Bonchev–Trinajstić information content (AvgIpc) is 2.81. The van der Waals surface area contributed by atoms with Crippen molar-refractivity contribution in [2.24, 2.45) is 0 Å². The maximum Gasteiger partial charge on any atom is 0.258 e. The van der Waals surface area contributed by atoms with Gasteiger partial charge in [-0.05, 0) is 34.1 Å². The number of hydrogen-bond donors (Lipinski definition) is 1. The summed E-state index contributed by atoms with van der Waals surface area (Å²) in [6.07, 6.45) is 0. The Labute approximate surface area is 130 Å². The van der Waals surface area contributed by atoms with Crippen LogP contribution in [0.2, 0.25) is 5.02 Å². The fourth-order valence-electron chi connectivity index (χ4n) is 1.51. The fourth-order valence-corrected chi connectivity index (χ4v) is 2.01. The number of rotatable bonds is 2. The summed E-state index contributed by atoms with van der Waals surface area (Å²) in [4.78, 5) is 12.1. The van der Waals surface area contributed by atoms with E-state index in [2.05, 4.69) is 26.4 Å². The third-order valence-corrected chi connectivity index (χ3v) is 3.91. The topological polar surface area (TPSA) is 55.1 Å². The van der Waals surface area contributed by atoms with Gasteiger partial charge in [-0.1, -0.05) is 37.5 Å². The zero-order chi connectivity index (χ0) is 14.9. The molecule has 1 aromatic heterocycles. The first-order chi connectivity index (χ1) is 9.27. The Balaban J connectivity index is 2.15.